The number of nitrogen functional groups attached to an aromatic ring is 1. The first-order valence-electron chi connectivity index (χ1n) is 6.31. The average Bonchev–Trinajstić information content (AvgIpc) is 2.86. The number of pyridine rings is 1. The molecule has 0 amide bonds. The molecular weight excluding hydrogens is 295 g/mol. The molecule has 3 rings (SSSR count). The van der Waals surface area contributed by atoms with Crippen LogP contribution in [0.15, 0.2) is 48.8 Å². The molecule has 0 radical (unpaired) electrons. The van der Waals surface area contributed by atoms with Crippen LogP contribution in [0.3, 0.4) is 0 Å². The van der Waals surface area contributed by atoms with Crippen LogP contribution in [0, 0.1) is 0 Å². The van der Waals surface area contributed by atoms with Crippen LogP contribution in [-0.2, 0) is 6.18 Å². The fourth-order valence-electron chi connectivity index (χ4n) is 2.28. The minimum absolute atomic E-state index is 0.0716. The Kier molecular flexibility index (Phi) is 3.13. The summed E-state index contributed by atoms with van der Waals surface area (Å²) >= 11 is 0. The predicted molar refractivity (Wildman–Crippen MR) is 75.3 cm³/mol. The Bertz CT molecular complexity index is 854. The number of hydrogen-bond donors (Lipinski definition) is 1. The van der Waals surface area contributed by atoms with Crippen LogP contribution in [0.1, 0.15) is 16.1 Å². The number of aromatic nitrogens is 2. The lowest BCUT2D eigenvalue weighted by molar-refractivity contribution is -0.142. The van der Waals surface area contributed by atoms with E-state index in [0.29, 0.717) is 10.3 Å². The van der Waals surface area contributed by atoms with Crippen LogP contribution in [0.25, 0.3) is 10.9 Å². The van der Waals surface area contributed by atoms with Crippen LogP contribution >= 0.6 is 0 Å². The Morgan fingerprint density at radius 1 is 1.18 bits per heavy atom. The molecule has 0 spiro atoms. The second-order valence-electron chi connectivity index (χ2n) is 4.73. The van der Waals surface area contributed by atoms with E-state index >= 15 is 0 Å². The summed E-state index contributed by atoms with van der Waals surface area (Å²) in [4.78, 5) is 16.2. The topological polar surface area (TPSA) is 60.9 Å². The number of carbonyl (C=O) groups excluding carboxylic acids is 1. The molecule has 0 saturated carbocycles. The van der Waals surface area contributed by atoms with E-state index < -0.39 is 17.8 Å². The summed E-state index contributed by atoms with van der Waals surface area (Å²) in [6.07, 6.45) is -1.99. The van der Waals surface area contributed by atoms with Crippen LogP contribution < -0.4 is 5.73 Å². The number of hydrogen-bond acceptors (Lipinski definition) is 3. The van der Waals surface area contributed by atoms with Gasteiger partial charge in [-0.25, -0.2) is 0 Å². The highest BCUT2D eigenvalue weighted by Gasteiger charge is 2.37. The van der Waals surface area contributed by atoms with Crippen molar-refractivity contribution in [2.24, 2.45) is 0 Å². The molecule has 0 unspecified atom stereocenters. The molecule has 0 aliphatic carbocycles. The van der Waals surface area contributed by atoms with E-state index in [4.69, 9.17) is 5.73 Å². The van der Waals surface area contributed by atoms with Crippen LogP contribution in [0.5, 0.6) is 0 Å². The summed E-state index contributed by atoms with van der Waals surface area (Å²) in [7, 11) is 0. The number of carbonyl (C=O) groups is 1. The molecule has 0 saturated heterocycles. The summed E-state index contributed by atoms with van der Waals surface area (Å²) in [6.45, 7) is 0. The van der Waals surface area contributed by atoms with Crippen molar-refractivity contribution in [3.8, 4) is 0 Å². The first-order valence-corrected chi connectivity index (χ1v) is 6.31. The molecule has 0 atom stereocenters. The van der Waals surface area contributed by atoms with Gasteiger partial charge in [-0.05, 0) is 36.4 Å². The zero-order chi connectivity index (χ0) is 15.9. The van der Waals surface area contributed by atoms with E-state index in [-0.39, 0.29) is 16.5 Å². The van der Waals surface area contributed by atoms with Crippen LogP contribution in [0.4, 0.5) is 18.9 Å². The van der Waals surface area contributed by atoms with Crippen molar-refractivity contribution >= 4 is 22.5 Å². The molecule has 0 fully saturated rings. The Hall–Kier alpha value is -2.83. The van der Waals surface area contributed by atoms with Crippen LogP contribution in [-0.4, -0.2) is 15.5 Å². The van der Waals surface area contributed by atoms with Gasteiger partial charge in [-0.1, -0.05) is 0 Å². The molecule has 112 valence electrons. The van der Waals surface area contributed by atoms with Crippen molar-refractivity contribution in [2.45, 2.75) is 6.18 Å². The maximum Gasteiger partial charge on any atom is 0.431 e. The van der Waals surface area contributed by atoms with E-state index in [1.165, 1.54) is 42.7 Å². The minimum atomic E-state index is -4.66. The van der Waals surface area contributed by atoms with Gasteiger partial charge in [0.1, 0.15) is 5.69 Å². The fourth-order valence-corrected chi connectivity index (χ4v) is 2.28. The van der Waals surface area contributed by atoms with Crippen molar-refractivity contribution in [3.63, 3.8) is 0 Å². The van der Waals surface area contributed by atoms with Gasteiger partial charge >= 0.3 is 6.18 Å². The summed E-state index contributed by atoms with van der Waals surface area (Å²) in [5.74, 6) is -0.791. The molecule has 0 aliphatic rings. The Morgan fingerprint density at radius 3 is 2.59 bits per heavy atom. The summed E-state index contributed by atoms with van der Waals surface area (Å²) < 4.78 is 40.4. The molecule has 3 aromatic rings. The van der Waals surface area contributed by atoms with Gasteiger partial charge in [-0.2, -0.15) is 13.2 Å². The minimum Gasteiger partial charge on any atom is -0.399 e. The molecule has 22 heavy (non-hydrogen) atoms. The highest BCUT2D eigenvalue weighted by atomic mass is 19.4. The SMILES string of the molecule is Nc1ccc2c(c1)cc(C(F)(F)F)n2C(=O)c1cccnc1. The fraction of sp³-hybridized carbons (Fsp3) is 0.0667. The lowest BCUT2D eigenvalue weighted by Gasteiger charge is -2.11. The maximum atomic E-state index is 13.2. The number of nitrogens with two attached hydrogens (primary N) is 1. The number of benzene rings is 1. The van der Waals surface area contributed by atoms with E-state index in [0.717, 1.165) is 6.07 Å². The molecule has 0 aliphatic heterocycles. The third kappa shape index (κ3) is 2.30. The number of nitrogens with zero attached hydrogens (tertiary/aromatic N) is 2. The summed E-state index contributed by atoms with van der Waals surface area (Å²) in [5, 5.41) is 0.254. The van der Waals surface area contributed by atoms with Gasteiger partial charge < -0.3 is 5.73 Å². The van der Waals surface area contributed by atoms with Crippen molar-refractivity contribution in [3.05, 3.63) is 60.0 Å². The largest absolute Gasteiger partial charge is 0.431 e. The lowest BCUT2D eigenvalue weighted by Crippen LogP contribution is -2.20. The zero-order valence-corrected chi connectivity index (χ0v) is 11.1. The second kappa shape index (κ2) is 4.87. The molecule has 2 aromatic heterocycles. The number of fused-ring (bicyclic) bond motifs is 1. The molecule has 1 aromatic carbocycles. The first kappa shape index (κ1) is 14.1. The third-order valence-electron chi connectivity index (χ3n) is 3.23. The molecule has 4 nitrogen and oxygen atoms in total. The highest BCUT2D eigenvalue weighted by molar-refractivity contribution is 6.03. The predicted octanol–water partition coefficient (Wildman–Crippen LogP) is 3.33. The van der Waals surface area contributed by atoms with Crippen molar-refractivity contribution in [2.75, 3.05) is 5.73 Å². The highest BCUT2D eigenvalue weighted by Crippen LogP contribution is 2.35. The second-order valence-corrected chi connectivity index (χ2v) is 4.73. The van der Waals surface area contributed by atoms with Gasteiger partial charge in [0.25, 0.3) is 5.91 Å². The van der Waals surface area contributed by atoms with Crippen molar-refractivity contribution in [1.29, 1.82) is 0 Å². The quantitative estimate of drug-likeness (QED) is 0.702. The van der Waals surface area contributed by atoms with Gasteiger partial charge in [-0.15, -0.1) is 0 Å². The molecular formula is C15H10F3N3O. The standard InChI is InChI=1S/C15H10F3N3O/c16-15(17,18)13-7-10-6-11(19)3-4-12(10)21(13)14(22)9-2-1-5-20-8-9/h1-8H,19H2. The maximum absolute atomic E-state index is 13.2. The molecule has 2 N–H and O–H groups in total. The Labute approximate surface area is 123 Å². The van der Waals surface area contributed by atoms with Crippen LogP contribution in [0.2, 0.25) is 0 Å². The first-order chi connectivity index (χ1) is 10.4. The van der Waals surface area contributed by atoms with Gasteiger partial charge in [-0.3, -0.25) is 14.3 Å². The summed E-state index contributed by atoms with van der Waals surface area (Å²) in [6, 6.07) is 8.07. The Balaban J connectivity index is 2.29. The summed E-state index contributed by atoms with van der Waals surface area (Å²) in [5.41, 5.74) is 5.10. The molecule has 2 heterocycles. The van der Waals surface area contributed by atoms with E-state index in [1.807, 2.05) is 0 Å². The van der Waals surface area contributed by atoms with Gasteiger partial charge in [0.15, 0.2) is 0 Å². The third-order valence-corrected chi connectivity index (χ3v) is 3.23. The Morgan fingerprint density at radius 2 is 1.95 bits per heavy atom. The number of anilines is 1. The molecule has 0 bridgehead atoms. The number of halogens is 3. The van der Waals surface area contributed by atoms with E-state index in [1.54, 1.807) is 0 Å². The molecule has 7 heteroatoms. The van der Waals surface area contributed by atoms with Gasteiger partial charge in [0.2, 0.25) is 0 Å². The monoisotopic (exact) mass is 305 g/mol. The average molecular weight is 305 g/mol. The van der Waals surface area contributed by atoms with E-state index in [2.05, 4.69) is 4.98 Å². The van der Waals surface area contributed by atoms with Crippen molar-refractivity contribution in [1.82, 2.24) is 9.55 Å². The van der Waals surface area contributed by atoms with E-state index in [9.17, 15) is 18.0 Å². The van der Waals surface area contributed by atoms with Gasteiger partial charge in [0.05, 0.1) is 11.1 Å². The number of alkyl halides is 3. The van der Waals surface area contributed by atoms with Crippen molar-refractivity contribution < 1.29 is 18.0 Å². The lowest BCUT2D eigenvalue weighted by atomic mass is 10.2. The smallest absolute Gasteiger partial charge is 0.399 e. The normalized spacial score (nSPS) is 11.8. The van der Waals surface area contributed by atoms with Gasteiger partial charge in [0, 0.05) is 23.5 Å². The zero-order valence-electron chi connectivity index (χ0n) is 11.1. The number of rotatable bonds is 1.